The van der Waals surface area contributed by atoms with Crippen molar-refractivity contribution >= 4 is 52.9 Å². The third-order valence-corrected chi connectivity index (χ3v) is 4.71. The number of amides is 2. The second-order valence-electron chi connectivity index (χ2n) is 6.44. The van der Waals surface area contributed by atoms with Gasteiger partial charge in [0.15, 0.2) is 0 Å². The number of esters is 1. The maximum Gasteiger partial charge on any atom is 0.345 e. The molecule has 0 saturated heterocycles. The van der Waals surface area contributed by atoms with Gasteiger partial charge in [-0.15, -0.1) is 0 Å². The van der Waals surface area contributed by atoms with Crippen LogP contribution in [0.1, 0.15) is 15.9 Å². The number of rotatable bonds is 6. The normalized spacial score (nSPS) is 10.5. The highest BCUT2D eigenvalue weighted by Crippen LogP contribution is 2.24. The lowest BCUT2D eigenvalue weighted by atomic mass is 10.2. The topological polar surface area (TPSA) is 106 Å². The lowest BCUT2D eigenvalue weighted by Crippen LogP contribution is -2.32. The number of carbonyl (C=O) groups excluding carboxylic acids is 3. The van der Waals surface area contributed by atoms with Gasteiger partial charge in [0, 0.05) is 5.02 Å². The number of para-hydroxylation sites is 2. The Morgan fingerprint density at radius 1 is 0.939 bits per heavy atom. The number of hydrazone groups is 1. The Morgan fingerprint density at radius 2 is 1.73 bits per heavy atom. The van der Waals surface area contributed by atoms with Gasteiger partial charge in [-0.05, 0) is 48.0 Å². The SMILES string of the molecule is COc1ccccc1NC(=O)C(=O)N/N=C/c1cccc(OC(=O)c2ccc(Cl)cc2Cl)c1. The van der Waals surface area contributed by atoms with Crippen molar-refractivity contribution in [3.8, 4) is 11.5 Å². The summed E-state index contributed by atoms with van der Waals surface area (Å²) in [6.45, 7) is 0. The molecule has 0 aromatic heterocycles. The van der Waals surface area contributed by atoms with Crippen molar-refractivity contribution in [1.82, 2.24) is 5.43 Å². The number of halogens is 2. The lowest BCUT2D eigenvalue weighted by molar-refractivity contribution is -0.136. The molecule has 168 valence electrons. The van der Waals surface area contributed by atoms with E-state index in [0.717, 1.165) is 0 Å². The number of hydrogen-bond donors (Lipinski definition) is 2. The smallest absolute Gasteiger partial charge is 0.345 e. The molecule has 2 amide bonds. The van der Waals surface area contributed by atoms with Crippen LogP contribution < -0.4 is 20.2 Å². The van der Waals surface area contributed by atoms with Crippen molar-refractivity contribution in [3.05, 3.63) is 87.9 Å². The van der Waals surface area contributed by atoms with Crippen molar-refractivity contribution in [2.45, 2.75) is 0 Å². The summed E-state index contributed by atoms with van der Waals surface area (Å²) in [5, 5.41) is 6.76. The molecule has 8 nitrogen and oxygen atoms in total. The van der Waals surface area contributed by atoms with Crippen LogP contribution in [0.2, 0.25) is 10.0 Å². The molecule has 10 heteroatoms. The van der Waals surface area contributed by atoms with E-state index in [2.05, 4.69) is 15.8 Å². The summed E-state index contributed by atoms with van der Waals surface area (Å²) in [5.41, 5.74) is 3.14. The van der Waals surface area contributed by atoms with Crippen LogP contribution in [0.5, 0.6) is 11.5 Å². The van der Waals surface area contributed by atoms with E-state index >= 15 is 0 Å². The predicted octanol–water partition coefficient (Wildman–Crippen LogP) is 4.31. The van der Waals surface area contributed by atoms with Crippen molar-refractivity contribution in [1.29, 1.82) is 0 Å². The molecule has 0 atom stereocenters. The fourth-order valence-corrected chi connectivity index (χ4v) is 3.10. The quantitative estimate of drug-likeness (QED) is 0.178. The summed E-state index contributed by atoms with van der Waals surface area (Å²) in [5.74, 6) is -1.91. The van der Waals surface area contributed by atoms with Gasteiger partial charge in [0.1, 0.15) is 11.5 Å². The molecule has 33 heavy (non-hydrogen) atoms. The molecule has 0 saturated carbocycles. The molecular weight excluding hydrogens is 469 g/mol. The van der Waals surface area contributed by atoms with Crippen molar-refractivity contribution in [3.63, 3.8) is 0 Å². The van der Waals surface area contributed by atoms with Gasteiger partial charge in [-0.2, -0.15) is 5.10 Å². The van der Waals surface area contributed by atoms with Crippen molar-refractivity contribution in [2.75, 3.05) is 12.4 Å². The number of nitrogens with one attached hydrogen (secondary N) is 2. The second kappa shape index (κ2) is 11.1. The lowest BCUT2D eigenvalue weighted by Gasteiger charge is -2.08. The van der Waals surface area contributed by atoms with E-state index in [1.54, 1.807) is 42.5 Å². The standard InChI is InChI=1S/C23H17Cl2N3O5/c1-32-20-8-3-2-7-19(20)27-21(29)22(30)28-26-13-14-5-4-6-16(11-14)33-23(31)17-10-9-15(24)12-18(17)25/h2-13H,1H3,(H,27,29)(H,28,30)/b26-13+. The number of ether oxygens (including phenoxy) is 2. The third kappa shape index (κ3) is 6.55. The molecule has 0 radical (unpaired) electrons. The Balaban J connectivity index is 1.59. The maximum absolute atomic E-state index is 12.3. The number of nitrogens with zero attached hydrogens (tertiary/aromatic N) is 1. The fourth-order valence-electron chi connectivity index (χ4n) is 2.62. The molecule has 3 aromatic carbocycles. The molecule has 0 aliphatic rings. The Hall–Kier alpha value is -3.88. The Bertz CT molecular complexity index is 1230. The molecule has 3 aromatic rings. The van der Waals surface area contributed by atoms with Crippen LogP contribution >= 0.6 is 23.2 Å². The molecule has 0 aliphatic heterocycles. The summed E-state index contributed by atoms with van der Waals surface area (Å²) in [7, 11) is 1.45. The molecule has 0 aliphatic carbocycles. The van der Waals surface area contributed by atoms with Crippen LogP contribution in [0.15, 0.2) is 71.8 Å². The first-order valence-corrected chi connectivity index (χ1v) is 10.2. The van der Waals surface area contributed by atoms with Crippen molar-refractivity contribution < 1.29 is 23.9 Å². The molecule has 0 unspecified atom stereocenters. The number of anilines is 1. The largest absolute Gasteiger partial charge is 0.495 e. The summed E-state index contributed by atoms with van der Waals surface area (Å²) in [6.07, 6.45) is 1.29. The molecule has 0 bridgehead atoms. The number of methoxy groups -OCH3 is 1. The zero-order valence-corrected chi connectivity index (χ0v) is 18.7. The Morgan fingerprint density at radius 3 is 2.48 bits per heavy atom. The summed E-state index contributed by atoms with van der Waals surface area (Å²) >= 11 is 11.9. The van der Waals surface area contributed by atoms with Crippen LogP contribution in [0.3, 0.4) is 0 Å². The van der Waals surface area contributed by atoms with E-state index in [1.165, 1.54) is 37.6 Å². The van der Waals surface area contributed by atoms with Crippen LogP contribution in [0, 0.1) is 0 Å². The number of hydrogen-bond acceptors (Lipinski definition) is 6. The second-order valence-corrected chi connectivity index (χ2v) is 7.28. The average Bonchev–Trinajstić information content (AvgIpc) is 2.79. The first kappa shape index (κ1) is 23.8. The minimum atomic E-state index is -0.975. The van der Waals surface area contributed by atoms with Crippen molar-refractivity contribution in [2.24, 2.45) is 5.10 Å². The summed E-state index contributed by atoms with van der Waals surface area (Å²) in [6, 6.07) is 17.5. The van der Waals surface area contributed by atoms with Gasteiger partial charge in [-0.3, -0.25) is 9.59 Å². The maximum atomic E-state index is 12.3. The minimum absolute atomic E-state index is 0.161. The zero-order valence-electron chi connectivity index (χ0n) is 17.2. The highest BCUT2D eigenvalue weighted by molar-refractivity contribution is 6.39. The fraction of sp³-hybridized carbons (Fsp3) is 0.0435. The molecular formula is C23H17Cl2N3O5. The van der Waals surface area contributed by atoms with E-state index < -0.39 is 17.8 Å². The highest BCUT2D eigenvalue weighted by Gasteiger charge is 2.15. The highest BCUT2D eigenvalue weighted by atomic mass is 35.5. The van der Waals surface area contributed by atoms with Crippen LogP contribution in [0.25, 0.3) is 0 Å². The third-order valence-electron chi connectivity index (χ3n) is 4.16. The van der Waals surface area contributed by atoms with Gasteiger partial charge in [-0.1, -0.05) is 47.5 Å². The van der Waals surface area contributed by atoms with Gasteiger partial charge in [-0.25, -0.2) is 10.2 Å². The van der Waals surface area contributed by atoms with E-state index in [1.807, 2.05) is 0 Å². The van der Waals surface area contributed by atoms with E-state index in [0.29, 0.717) is 22.0 Å². The molecule has 0 spiro atoms. The first-order chi connectivity index (χ1) is 15.9. The van der Waals surface area contributed by atoms with Crippen LogP contribution in [0.4, 0.5) is 5.69 Å². The van der Waals surface area contributed by atoms with E-state index in [-0.39, 0.29) is 16.3 Å². The molecule has 3 rings (SSSR count). The van der Waals surface area contributed by atoms with Gasteiger partial charge in [0.25, 0.3) is 0 Å². The van der Waals surface area contributed by atoms with E-state index in [9.17, 15) is 14.4 Å². The number of carbonyl (C=O) groups is 3. The van der Waals surface area contributed by atoms with Crippen LogP contribution in [-0.2, 0) is 9.59 Å². The Kier molecular flexibility index (Phi) is 8.01. The van der Waals surface area contributed by atoms with Gasteiger partial charge < -0.3 is 14.8 Å². The van der Waals surface area contributed by atoms with Gasteiger partial charge in [0.2, 0.25) is 0 Å². The summed E-state index contributed by atoms with van der Waals surface area (Å²) < 4.78 is 10.4. The monoisotopic (exact) mass is 485 g/mol. The summed E-state index contributed by atoms with van der Waals surface area (Å²) in [4.78, 5) is 36.4. The van der Waals surface area contributed by atoms with Crippen LogP contribution in [-0.4, -0.2) is 31.1 Å². The minimum Gasteiger partial charge on any atom is -0.495 e. The van der Waals surface area contributed by atoms with Gasteiger partial charge >= 0.3 is 17.8 Å². The average molecular weight is 486 g/mol. The Labute approximate surface area is 199 Å². The first-order valence-electron chi connectivity index (χ1n) is 9.42. The molecule has 2 N–H and O–H groups in total. The molecule has 0 heterocycles. The predicted molar refractivity (Wildman–Crippen MR) is 125 cm³/mol. The number of benzene rings is 3. The zero-order chi connectivity index (χ0) is 23.8. The van der Waals surface area contributed by atoms with E-state index in [4.69, 9.17) is 32.7 Å². The molecule has 0 fully saturated rings. The van der Waals surface area contributed by atoms with Gasteiger partial charge in [0.05, 0.1) is 29.6 Å².